The molecular weight excluding hydrogens is 252 g/mol. The van der Waals surface area contributed by atoms with Gasteiger partial charge in [0.25, 0.3) is 0 Å². The Hall–Kier alpha value is -1.26. The average molecular weight is 276 g/mol. The molecule has 4 nitrogen and oxygen atoms in total. The van der Waals surface area contributed by atoms with Gasteiger partial charge in [0.05, 0.1) is 6.04 Å². The quantitative estimate of drug-likeness (QED) is 0.506. The molecule has 20 heavy (non-hydrogen) atoms. The number of ether oxygens (including phenoxy) is 2. The third kappa shape index (κ3) is 2.91. The van der Waals surface area contributed by atoms with Gasteiger partial charge in [0.15, 0.2) is 11.5 Å². The van der Waals surface area contributed by atoms with Crippen LogP contribution in [0.15, 0.2) is 24.3 Å². The van der Waals surface area contributed by atoms with Crippen LogP contribution in [0.2, 0.25) is 0 Å². The van der Waals surface area contributed by atoms with E-state index in [-0.39, 0.29) is 12.1 Å². The molecule has 4 heteroatoms. The summed E-state index contributed by atoms with van der Waals surface area (Å²) in [7, 11) is 0. The van der Waals surface area contributed by atoms with E-state index in [9.17, 15) is 0 Å². The lowest BCUT2D eigenvalue weighted by atomic mass is 9.88. The van der Waals surface area contributed by atoms with E-state index in [0.29, 0.717) is 12.5 Å². The van der Waals surface area contributed by atoms with Crippen LogP contribution in [-0.2, 0) is 0 Å². The summed E-state index contributed by atoms with van der Waals surface area (Å²) in [5, 5.41) is 0. The van der Waals surface area contributed by atoms with Crippen LogP contribution in [0.25, 0.3) is 0 Å². The molecule has 0 amide bonds. The second-order valence-corrected chi connectivity index (χ2v) is 5.86. The minimum Gasteiger partial charge on any atom is -0.486 e. The van der Waals surface area contributed by atoms with E-state index in [1.165, 1.54) is 38.5 Å². The van der Waals surface area contributed by atoms with Crippen molar-refractivity contribution in [2.45, 2.75) is 50.7 Å². The van der Waals surface area contributed by atoms with E-state index in [1.54, 1.807) is 0 Å². The van der Waals surface area contributed by atoms with E-state index < -0.39 is 0 Å². The third-order valence-corrected chi connectivity index (χ3v) is 4.53. The number of hydrazine groups is 1. The number of hydrogen-bond donors (Lipinski definition) is 2. The molecule has 0 radical (unpaired) electrons. The van der Waals surface area contributed by atoms with Crippen LogP contribution in [0.4, 0.5) is 0 Å². The van der Waals surface area contributed by atoms with E-state index in [2.05, 4.69) is 5.43 Å². The molecule has 1 aromatic rings. The van der Waals surface area contributed by atoms with Gasteiger partial charge in [-0.2, -0.15) is 0 Å². The highest BCUT2D eigenvalue weighted by Gasteiger charge is 2.33. The zero-order valence-electron chi connectivity index (χ0n) is 11.9. The first-order valence-electron chi connectivity index (χ1n) is 7.73. The molecule has 0 bridgehead atoms. The maximum Gasteiger partial charge on any atom is 0.161 e. The SMILES string of the molecule is NNC(C1CCCCCC1)C1COc2ccccc2O1. The first kappa shape index (κ1) is 13.7. The summed E-state index contributed by atoms with van der Waals surface area (Å²) >= 11 is 0. The Balaban J connectivity index is 1.70. The van der Waals surface area contributed by atoms with Crippen molar-refractivity contribution < 1.29 is 9.47 Å². The second-order valence-electron chi connectivity index (χ2n) is 5.86. The van der Waals surface area contributed by atoms with Crippen LogP contribution >= 0.6 is 0 Å². The monoisotopic (exact) mass is 276 g/mol. The molecule has 1 heterocycles. The van der Waals surface area contributed by atoms with Gasteiger partial charge in [0.1, 0.15) is 12.7 Å². The van der Waals surface area contributed by atoms with Gasteiger partial charge in [-0.25, -0.2) is 0 Å². The Bertz CT molecular complexity index is 430. The maximum atomic E-state index is 6.11. The Labute approximate surface area is 120 Å². The Kier molecular flexibility index (Phi) is 4.43. The molecular formula is C16H24N2O2. The van der Waals surface area contributed by atoms with Gasteiger partial charge in [0, 0.05) is 0 Å². The minimum atomic E-state index is -0.00185. The van der Waals surface area contributed by atoms with Crippen LogP contribution in [0, 0.1) is 5.92 Å². The van der Waals surface area contributed by atoms with Crippen molar-refractivity contribution in [2.24, 2.45) is 11.8 Å². The maximum absolute atomic E-state index is 6.11. The highest BCUT2D eigenvalue weighted by atomic mass is 16.6. The molecule has 3 rings (SSSR count). The van der Waals surface area contributed by atoms with Crippen molar-refractivity contribution in [3.05, 3.63) is 24.3 Å². The lowest BCUT2D eigenvalue weighted by Gasteiger charge is -2.35. The summed E-state index contributed by atoms with van der Waals surface area (Å²) in [6.45, 7) is 0.572. The first-order valence-corrected chi connectivity index (χ1v) is 7.73. The summed E-state index contributed by atoms with van der Waals surface area (Å²) in [5.41, 5.74) is 3.00. The number of benzene rings is 1. The highest BCUT2D eigenvalue weighted by molar-refractivity contribution is 5.40. The first-order chi connectivity index (χ1) is 9.88. The van der Waals surface area contributed by atoms with E-state index >= 15 is 0 Å². The molecule has 2 atom stereocenters. The van der Waals surface area contributed by atoms with E-state index in [4.69, 9.17) is 15.3 Å². The molecule has 0 saturated heterocycles. The standard InChI is InChI=1S/C16H24N2O2/c17-18-16(12-7-3-1-2-4-8-12)15-11-19-13-9-5-6-10-14(13)20-15/h5-6,9-10,12,15-16,18H,1-4,7-8,11,17H2. The Morgan fingerprint density at radius 2 is 1.75 bits per heavy atom. The number of para-hydroxylation sites is 2. The minimum absolute atomic E-state index is 0.00185. The van der Waals surface area contributed by atoms with Gasteiger partial charge >= 0.3 is 0 Å². The topological polar surface area (TPSA) is 56.5 Å². The second kappa shape index (κ2) is 6.46. The third-order valence-electron chi connectivity index (χ3n) is 4.53. The van der Waals surface area contributed by atoms with E-state index in [1.807, 2.05) is 24.3 Å². The number of fused-ring (bicyclic) bond motifs is 1. The molecule has 2 unspecified atom stereocenters. The van der Waals surface area contributed by atoms with Crippen molar-refractivity contribution in [1.29, 1.82) is 0 Å². The van der Waals surface area contributed by atoms with Gasteiger partial charge in [-0.3, -0.25) is 11.3 Å². The average Bonchev–Trinajstić information content (AvgIpc) is 2.77. The lowest BCUT2D eigenvalue weighted by molar-refractivity contribution is 0.0407. The zero-order valence-corrected chi connectivity index (χ0v) is 11.9. The van der Waals surface area contributed by atoms with E-state index in [0.717, 1.165) is 11.5 Å². The normalized spacial score (nSPS) is 24.9. The molecule has 2 aliphatic rings. The van der Waals surface area contributed by atoms with Crippen LogP contribution in [-0.4, -0.2) is 18.8 Å². The molecule has 110 valence electrons. The number of hydrogen-bond acceptors (Lipinski definition) is 4. The van der Waals surface area contributed by atoms with Gasteiger partial charge in [0.2, 0.25) is 0 Å². The van der Waals surface area contributed by atoms with Gasteiger partial charge in [-0.15, -0.1) is 0 Å². The zero-order chi connectivity index (χ0) is 13.8. The summed E-state index contributed by atoms with van der Waals surface area (Å²) < 4.78 is 11.9. The molecule has 1 saturated carbocycles. The van der Waals surface area contributed by atoms with Gasteiger partial charge in [-0.05, 0) is 30.9 Å². The number of rotatable bonds is 3. The molecule has 1 aliphatic carbocycles. The van der Waals surface area contributed by atoms with Crippen LogP contribution in [0.3, 0.4) is 0 Å². The number of nitrogens with one attached hydrogen (secondary N) is 1. The van der Waals surface area contributed by atoms with Crippen LogP contribution in [0.5, 0.6) is 11.5 Å². The van der Waals surface area contributed by atoms with Crippen molar-refractivity contribution in [3.8, 4) is 11.5 Å². The van der Waals surface area contributed by atoms with Crippen LogP contribution in [0.1, 0.15) is 38.5 Å². The van der Waals surface area contributed by atoms with Crippen molar-refractivity contribution in [3.63, 3.8) is 0 Å². The van der Waals surface area contributed by atoms with Crippen molar-refractivity contribution in [2.75, 3.05) is 6.61 Å². The summed E-state index contributed by atoms with van der Waals surface area (Å²) in [6.07, 6.45) is 7.75. The molecule has 0 spiro atoms. The van der Waals surface area contributed by atoms with Crippen molar-refractivity contribution >= 4 is 0 Å². The van der Waals surface area contributed by atoms with Gasteiger partial charge in [-0.1, -0.05) is 37.8 Å². The molecule has 1 aromatic carbocycles. The summed E-state index contributed by atoms with van der Waals surface area (Å²) in [4.78, 5) is 0. The molecule has 0 aromatic heterocycles. The largest absolute Gasteiger partial charge is 0.486 e. The number of nitrogens with two attached hydrogens (primary N) is 1. The van der Waals surface area contributed by atoms with Crippen LogP contribution < -0.4 is 20.7 Å². The molecule has 1 fully saturated rings. The fourth-order valence-corrected chi connectivity index (χ4v) is 3.43. The fraction of sp³-hybridized carbons (Fsp3) is 0.625. The Morgan fingerprint density at radius 1 is 1.05 bits per heavy atom. The predicted molar refractivity (Wildman–Crippen MR) is 78.7 cm³/mol. The molecule has 3 N–H and O–H groups in total. The fourth-order valence-electron chi connectivity index (χ4n) is 3.43. The molecule has 1 aliphatic heterocycles. The predicted octanol–water partition coefficient (Wildman–Crippen LogP) is 2.63. The Morgan fingerprint density at radius 3 is 2.45 bits per heavy atom. The summed E-state index contributed by atoms with van der Waals surface area (Å²) in [6, 6.07) is 8.01. The lowest BCUT2D eigenvalue weighted by Crippen LogP contribution is -2.54. The highest BCUT2D eigenvalue weighted by Crippen LogP contribution is 2.34. The van der Waals surface area contributed by atoms with Crippen molar-refractivity contribution in [1.82, 2.24) is 5.43 Å². The summed E-state index contributed by atoms with van der Waals surface area (Å²) in [5.74, 6) is 8.07. The smallest absolute Gasteiger partial charge is 0.161 e. The van der Waals surface area contributed by atoms with Gasteiger partial charge < -0.3 is 9.47 Å².